The van der Waals surface area contributed by atoms with Gasteiger partial charge >= 0.3 is 0 Å². The molecule has 0 aromatic heterocycles. The first-order valence-electron chi connectivity index (χ1n) is 7.47. The molecule has 1 aliphatic heterocycles. The number of hydrogen-bond acceptors (Lipinski definition) is 5. The Morgan fingerprint density at radius 1 is 1.16 bits per heavy atom. The smallest absolute Gasteiger partial charge is 0.295 e. The number of ether oxygens (including phenoxy) is 1. The lowest BCUT2D eigenvalue weighted by Crippen LogP contribution is -2.33. The number of nitrogens with one attached hydrogen (secondary N) is 1. The number of para-hydroxylation sites is 2. The molecule has 0 aliphatic carbocycles. The third-order valence-corrected chi connectivity index (χ3v) is 4.51. The van der Waals surface area contributed by atoms with E-state index in [4.69, 9.17) is 4.74 Å². The van der Waals surface area contributed by atoms with Crippen LogP contribution in [0.5, 0.6) is 5.75 Å². The summed E-state index contributed by atoms with van der Waals surface area (Å²) in [7, 11) is 1.54. The minimum absolute atomic E-state index is 0.000345. The average molecular weight is 358 g/mol. The Labute approximate surface area is 148 Å². The summed E-state index contributed by atoms with van der Waals surface area (Å²) in [6.07, 6.45) is 1.39. The zero-order valence-electron chi connectivity index (χ0n) is 13.4. The van der Waals surface area contributed by atoms with Crippen LogP contribution in [0.15, 0.2) is 53.4 Å². The van der Waals surface area contributed by atoms with Gasteiger partial charge in [0.05, 0.1) is 24.4 Å². The Bertz CT molecular complexity index is 854. The van der Waals surface area contributed by atoms with Crippen LogP contribution in [0.2, 0.25) is 0 Å². The molecule has 25 heavy (non-hydrogen) atoms. The molecule has 1 N–H and O–H groups in total. The average Bonchev–Trinajstić information content (AvgIpc) is 2.89. The molecule has 5 nitrogen and oxygen atoms in total. The fraction of sp³-hybridized carbons (Fsp3) is 0.111. The zero-order valence-corrected chi connectivity index (χ0v) is 14.2. The van der Waals surface area contributed by atoms with E-state index in [9.17, 15) is 14.0 Å². The topological polar surface area (TPSA) is 58.6 Å². The number of amides is 2. The Hall–Kier alpha value is -2.80. The Kier molecular flexibility index (Phi) is 5.04. The molecule has 7 heteroatoms. The van der Waals surface area contributed by atoms with Crippen molar-refractivity contribution in [3.8, 4) is 5.75 Å². The first kappa shape index (κ1) is 17.0. The van der Waals surface area contributed by atoms with Gasteiger partial charge in [0, 0.05) is 5.56 Å². The number of rotatable bonds is 5. The normalized spacial score (nSPS) is 15.8. The second kappa shape index (κ2) is 7.40. The van der Waals surface area contributed by atoms with Gasteiger partial charge in [-0.05, 0) is 36.0 Å². The minimum atomic E-state index is -0.458. The van der Waals surface area contributed by atoms with Gasteiger partial charge in [0.1, 0.15) is 11.6 Å². The van der Waals surface area contributed by atoms with E-state index in [1.807, 2.05) is 12.1 Å². The van der Waals surface area contributed by atoms with Crippen molar-refractivity contribution in [1.82, 2.24) is 4.90 Å². The summed E-state index contributed by atoms with van der Waals surface area (Å²) in [5.74, 6) is -0.293. The van der Waals surface area contributed by atoms with Gasteiger partial charge in [0.2, 0.25) is 0 Å². The third-order valence-electron chi connectivity index (χ3n) is 3.60. The van der Waals surface area contributed by atoms with Crippen molar-refractivity contribution < 1.29 is 18.7 Å². The van der Waals surface area contributed by atoms with E-state index in [1.165, 1.54) is 19.3 Å². The number of imide groups is 1. The highest BCUT2D eigenvalue weighted by molar-refractivity contribution is 8.18. The fourth-order valence-electron chi connectivity index (χ4n) is 2.32. The molecule has 0 saturated carbocycles. The van der Waals surface area contributed by atoms with Gasteiger partial charge in [-0.15, -0.1) is 0 Å². The second-order valence-electron chi connectivity index (χ2n) is 5.17. The second-order valence-corrected chi connectivity index (χ2v) is 6.16. The minimum Gasteiger partial charge on any atom is -0.495 e. The maximum Gasteiger partial charge on any atom is 0.295 e. The standard InChI is InChI=1S/C18H15FN2O3S/c1-24-15-9-5-4-8-14(15)20-11-21-17(22)16(25-18(21)23)10-12-6-2-3-7-13(12)19/h2-10,20H,11H2,1H3. The lowest BCUT2D eigenvalue weighted by atomic mass is 10.2. The molecule has 2 amide bonds. The van der Waals surface area contributed by atoms with Gasteiger partial charge in [0.15, 0.2) is 0 Å². The summed E-state index contributed by atoms with van der Waals surface area (Å²) in [6.45, 7) is -0.000345. The lowest BCUT2D eigenvalue weighted by molar-refractivity contribution is -0.122. The maximum atomic E-state index is 13.7. The fourth-order valence-corrected chi connectivity index (χ4v) is 3.15. The SMILES string of the molecule is COc1ccccc1NCN1C(=O)SC(=Cc2ccccc2F)C1=O. The number of halogens is 1. The number of carbonyl (C=O) groups is 2. The van der Waals surface area contributed by atoms with Crippen LogP contribution in [0.4, 0.5) is 14.9 Å². The molecule has 1 aliphatic rings. The highest BCUT2D eigenvalue weighted by atomic mass is 32.2. The third kappa shape index (κ3) is 3.66. The number of nitrogens with zero attached hydrogens (tertiary/aromatic N) is 1. The predicted octanol–water partition coefficient (Wildman–Crippen LogP) is 3.94. The largest absolute Gasteiger partial charge is 0.495 e. The number of benzene rings is 2. The highest BCUT2D eigenvalue weighted by Crippen LogP contribution is 2.33. The summed E-state index contributed by atoms with van der Waals surface area (Å²) < 4.78 is 18.9. The van der Waals surface area contributed by atoms with Gasteiger partial charge < -0.3 is 10.1 Å². The zero-order chi connectivity index (χ0) is 17.8. The van der Waals surface area contributed by atoms with Gasteiger partial charge in [-0.2, -0.15) is 0 Å². The molecule has 1 saturated heterocycles. The lowest BCUT2D eigenvalue weighted by Gasteiger charge is -2.16. The number of carbonyl (C=O) groups excluding carboxylic acids is 2. The number of hydrogen-bond donors (Lipinski definition) is 1. The van der Waals surface area contributed by atoms with E-state index < -0.39 is 17.0 Å². The van der Waals surface area contributed by atoms with E-state index in [0.717, 1.165) is 16.7 Å². The van der Waals surface area contributed by atoms with E-state index >= 15 is 0 Å². The first-order valence-corrected chi connectivity index (χ1v) is 8.28. The highest BCUT2D eigenvalue weighted by Gasteiger charge is 2.35. The molecule has 2 aromatic carbocycles. The van der Waals surface area contributed by atoms with Gasteiger partial charge in [-0.1, -0.05) is 30.3 Å². The van der Waals surface area contributed by atoms with E-state index in [0.29, 0.717) is 11.4 Å². The van der Waals surface area contributed by atoms with Crippen molar-refractivity contribution >= 4 is 34.7 Å². The summed E-state index contributed by atoms with van der Waals surface area (Å²) >= 11 is 0.791. The van der Waals surface area contributed by atoms with Crippen LogP contribution in [0.3, 0.4) is 0 Å². The van der Waals surface area contributed by atoms with Crippen molar-refractivity contribution in [2.24, 2.45) is 0 Å². The van der Waals surface area contributed by atoms with Crippen LogP contribution in [0.1, 0.15) is 5.56 Å². The molecule has 3 rings (SSSR count). The summed E-state index contributed by atoms with van der Waals surface area (Å²) in [4.78, 5) is 25.8. The molecular weight excluding hydrogens is 343 g/mol. The van der Waals surface area contributed by atoms with E-state index in [1.54, 1.807) is 30.3 Å². The van der Waals surface area contributed by atoms with Gasteiger partial charge in [-0.25, -0.2) is 4.39 Å². The molecule has 0 unspecified atom stereocenters. The number of thioether (sulfide) groups is 1. The molecule has 0 bridgehead atoms. The number of anilines is 1. The van der Waals surface area contributed by atoms with Crippen molar-refractivity contribution in [3.05, 3.63) is 64.8 Å². The van der Waals surface area contributed by atoms with Gasteiger partial charge in [-0.3, -0.25) is 14.5 Å². The summed E-state index contributed by atoms with van der Waals surface area (Å²) in [5.41, 5.74) is 0.938. The van der Waals surface area contributed by atoms with Crippen molar-refractivity contribution in [2.75, 3.05) is 19.1 Å². The summed E-state index contributed by atoms with van der Waals surface area (Å²) in [5, 5.41) is 2.60. The molecule has 0 spiro atoms. The van der Waals surface area contributed by atoms with Crippen LogP contribution < -0.4 is 10.1 Å². The number of methoxy groups -OCH3 is 1. The van der Waals surface area contributed by atoms with Crippen LogP contribution in [-0.2, 0) is 4.79 Å². The Morgan fingerprint density at radius 3 is 2.64 bits per heavy atom. The quantitative estimate of drug-likeness (QED) is 0.821. The molecule has 2 aromatic rings. The van der Waals surface area contributed by atoms with E-state index in [-0.39, 0.29) is 17.1 Å². The predicted molar refractivity (Wildman–Crippen MR) is 95.7 cm³/mol. The first-order chi connectivity index (χ1) is 12.1. The van der Waals surface area contributed by atoms with E-state index in [2.05, 4.69) is 5.32 Å². The maximum absolute atomic E-state index is 13.7. The molecule has 0 atom stereocenters. The summed E-state index contributed by atoms with van der Waals surface area (Å²) in [6, 6.07) is 13.3. The van der Waals surface area contributed by atoms with Crippen LogP contribution >= 0.6 is 11.8 Å². The van der Waals surface area contributed by atoms with Crippen LogP contribution in [0.25, 0.3) is 6.08 Å². The van der Waals surface area contributed by atoms with Crippen LogP contribution in [0, 0.1) is 5.82 Å². The Morgan fingerprint density at radius 2 is 1.88 bits per heavy atom. The molecule has 0 radical (unpaired) electrons. The monoisotopic (exact) mass is 358 g/mol. The van der Waals surface area contributed by atoms with Crippen molar-refractivity contribution in [3.63, 3.8) is 0 Å². The molecular formula is C18H15FN2O3S. The molecule has 128 valence electrons. The Balaban J connectivity index is 1.75. The van der Waals surface area contributed by atoms with Crippen LogP contribution in [-0.4, -0.2) is 29.8 Å². The van der Waals surface area contributed by atoms with Crippen molar-refractivity contribution in [2.45, 2.75) is 0 Å². The van der Waals surface area contributed by atoms with Crippen molar-refractivity contribution in [1.29, 1.82) is 0 Å². The molecule has 1 heterocycles. The van der Waals surface area contributed by atoms with Gasteiger partial charge in [0.25, 0.3) is 11.1 Å². The molecule has 1 fully saturated rings.